The lowest BCUT2D eigenvalue weighted by molar-refractivity contribution is -0.203. The number of aromatic nitrogens is 4. The number of anilines is 2. The minimum absolute atomic E-state index is 0.0543. The van der Waals surface area contributed by atoms with Gasteiger partial charge in [-0.05, 0) is 32.6 Å². The molecule has 1 aromatic carbocycles. The van der Waals surface area contributed by atoms with Gasteiger partial charge >= 0.3 is 6.18 Å². The Morgan fingerprint density at radius 3 is 2.75 bits per heavy atom. The van der Waals surface area contributed by atoms with Crippen molar-refractivity contribution < 1.29 is 23.0 Å². The third-order valence-corrected chi connectivity index (χ3v) is 6.01. The first-order valence-corrected chi connectivity index (χ1v) is 10.5. The summed E-state index contributed by atoms with van der Waals surface area (Å²) < 4.78 is 45.9. The zero-order chi connectivity index (χ0) is 22.9. The van der Waals surface area contributed by atoms with E-state index < -0.39 is 24.4 Å². The highest BCUT2D eigenvalue weighted by atomic mass is 19.4. The lowest BCUT2D eigenvalue weighted by atomic mass is 9.81. The minimum Gasteiger partial charge on any atom is -0.490 e. The quantitative estimate of drug-likeness (QED) is 0.437. The largest absolute Gasteiger partial charge is 0.490 e. The number of fused-ring (bicyclic) bond motifs is 1. The molecule has 174 valence electrons. The van der Waals surface area contributed by atoms with Gasteiger partial charge in [0, 0.05) is 43.5 Å². The van der Waals surface area contributed by atoms with E-state index in [-0.39, 0.29) is 6.10 Å². The van der Waals surface area contributed by atoms with Gasteiger partial charge in [0.2, 0.25) is 0 Å². The fraction of sp³-hybridized carbons (Fsp3) is 0.524. The van der Waals surface area contributed by atoms with Gasteiger partial charge < -0.3 is 25.0 Å². The topological polar surface area (TPSA) is 100 Å². The number of aliphatic hydroxyl groups is 1. The zero-order valence-electron chi connectivity index (χ0n) is 17.9. The van der Waals surface area contributed by atoms with Crippen molar-refractivity contribution >= 4 is 22.5 Å². The molecule has 1 aliphatic carbocycles. The second kappa shape index (κ2) is 8.62. The number of aliphatic hydroxyl groups excluding tert-OH is 1. The first-order valence-electron chi connectivity index (χ1n) is 10.5. The Morgan fingerprint density at radius 2 is 2.09 bits per heavy atom. The van der Waals surface area contributed by atoms with Gasteiger partial charge in [0.1, 0.15) is 11.3 Å². The second-order valence-corrected chi connectivity index (χ2v) is 8.59. The van der Waals surface area contributed by atoms with Gasteiger partial charge in [-0.2, -0.15) is 18.3 Å². The summed E-state index contributed by atoms with van der Waals surface area (Å²) in [6, 6.07) is 5.63. The normalized spacial score (nSPS) is 22.8. The van der Waals surface area contributed by atoms with Crippen LogP contribution in [0.3, 0.4) is 0 Å². The van der Waals surface area contributed by atoms with Crippen LogP contribution < -0.4 is 15.4 Å². The predicted molar refractivity (Wildman–Crippen MR) is 114 cm³/mol. The zero-order valence-corrected chi connectivity index (χ0v) is 17.9. The van der Waals surface area contributed by atoms with Gasteiger partial charge in [0.15, 0.2) is 11.9 Å². The summed E-state index contributed by atoms with van der Waals surface area (Å²) in [5.41, 5.74) is 2.01. The van der Waals surface area contributed by atoms with Crippen molar-refractivity contribution in [3.05, 3.63) is 30.7 Å². The third kappa shape index (κ3) is 4.99. The molecule has 0 amide bonds. The molecule has 0 unspecified atom stereocenters. The first-order chi connectivity index (χ1) is 15.1. The summed E-state index contributed by atoms with van der Waals surface area (Å²) in [6.45, 7) is 1.38. The fourth-order valence-electron chi connectivity index (χ4n) is 4.01. The van der Waals surface area contributed by atoms with E-state index in [0.717, 1.165) is 16.7 Å². The van der Waals surface area contributed by atoms with Crippen LogP contribution in [0.15, 0.2) is 30.7 Å². The summed E-state index contributed by atoms with van der Waals surface area (Å²) in [7, 11) is 1.91. The van der Waals surface area contributed by atoms with Crippen LogP contribution in [-0.2, 0) is 7.05 Å². The first kappa shape index (κ1) is 22.4. The van der Waals surface area contributed by atoms with Crippen LogP contribution in [0.1, 0.15) is 32.6 Å². The molecule has 1 saturated carbocycles. The van der Waals surface area contributed by atoms with Gasteiger partial charge in [0.25, 0.3) is 0 Å². The lowest BCUT2D eigenvalue weighted by Gasteiger charge is -2.39. The third-order valence-electron chi connectivity index (χ3n) is 6.01. The Hall–Kier alpha value is -2.79. The highest BCUT2D eigenvalue weighted by Gasteiger charge is 2.40. The maximum atomic E-state index is 12.6. The Labute approximate surface area is 183 Å². The molecule has 0 bridgehead atoms. The minimum atomic E-state index is -4.62. The lowest BCUT2D eigenvalue weighted by Crippen LogP contribution is -2.51. The van der Waals surface area contributed by atoms with Crippen molar-refractivity contribution in [3.8, 4) is 5.75 Å². The maximum absolute atomic E-state index is 12.6. The van der Waals surface area contributed by atoms with Crippen LogP contribution in [0, 0.1) is 0 Å². The molecule has 32 heavy (non-hydrogen) atoms. The number of hydrogen-bond donors (Lipinski definition) is 4. The molecule has 0 saturated heterocycles. The average Bonchev–Trinajstić information content (AvgIpc) is 3.38. The molecule has 2 aromatic heterocycles. The number of imidazole rings is 1. The second-order valence-electron chi connectivity index (χ2n) is 8.59. The smallest absolute Gasteiger partial charge is 0.415 e. The molecule has 1 fully saturated rings. The number of β-amino-alcohol motifs (C(OH)–C–C–N with tert-alkyl or cyclic N) is 1. The van der Waals surface area contributed by atoms with Gasteiger partial charge in [-0.25, -0.2) is 4.98 Å². The average molecular weight is 452 g/mol. The highest BCUT2D eigenvalue weighted by Crippen LogP contribution is 2.34. The van der Waals surface area contributed by atoms with Crippen molar-refractivity contribution in [1.29, 1.82) is 0 Å². The van der Waals surface area contributed by atoms with Crippen LogP contribution in [0.2, 0.25) is 0 Å². The number of rotatable bonds is 7. The van der Waals surface area contributed by atoms with Crippen molar-refractivity contribution in [2.24, 2.45) is 7.05 Å². The molecule has 1 atom stereocenters. The highest BCUT2D eigenvalue weighted by molar-refractivity contribution is 5.91. The molecule has 0 radical (unpaired) electrons. The molecule has 4 N–H and O–H groups in total. The number of aryl methyl sites for hydroxylation is 1. The molecular weight excluding hydrogens is 425 g/mol. The van der Waals surface area contributed by atoms with E-state index in [4.69, 9.17) is 4.74 Å². The number of alkyl halides is 3. The number of nitrogens with one attached hydrogen (secondary N) is 3. The molecular formula is C21H27F3N6O2. The van der Waals surface area contributed by atoms with Crippen molar-refractivity contribution in [2.75, 3.05) is 11.9 Å². The van der Waals surface area contributed by atoms with E-state index in [1.165, 1.54) is 0 Å². The predicted octanol–water partition coefficient (Wildman–Crippen LogP) is 3.63. The number of hydrogen-bond acceptors (Lipinski definition) is 6. The van der Waals surface area contributed by atoms with Crippen LogP contribution in [0.5, 0.6) is 5.75 Å². The van der Waals surface area contributed by atoms with E-state index in [2.05, 4.69) is 25.8 Å². The van der Waals surface area contributed by atoms with Gasteiger partial charge in [0.05, 0.1) is 23.6 Å². The molecule has 2 heterocycles. The number of halogens is 3. The SMILES string of the molecule is Cn1cnc2c(Nc3cc[nH]n3)cc(O[C@H]3CC[C@@](C)(NC[C@@H](O)C(F)(F)F)CC3)cc21. The number of nitrogens with zero attached hydrogens (tertiary/aromatic N) is 3. The number of aromatic amines is 1. The standard InChI is InChI=1S/C21H27F3N6O2/c1-20(26-11-17(31)21(22,23)24)6-3-13(4-7-20)32-14-9-15(28-18-5-8-27-29-18)19-16(10-14)30(2)12-25-19/h5,8-10,12-13,17,26,31H,3-4,6-7,11H2,1-2H3,(H2,27,28,29)/t13-,17-,20+/m1/s1. The van der Waals surface area contributed by atoms with Crippen LogP contribution in [0.4, 0.5) is 24.7 Å². The Bertz CT molecular complexity index is 1040. The Morgan fingerprint density at radius 1 is 1.34 bits per heavy atom. The van der Waals surface area contributed by atoms with E-state index in [1.54, 1.807) is 12.5 Å². The van der Waals surface area contributed by atoms with E-state index in [1.807, 2.05) is 36.7 Å². The maximum Gasteiger partial charge on any atom is 0.415 e. The Balaban J connectivity index is 1.41. The fourth-order valence-corrected chi connectivity index (χ4v) is 4.01. The molecule has 8 nitrogen and oxygen atoms in total. The summed E-state index contributed by atoms with van der Waals surface area (Å²) in [5, 5.41) is 22.3. The summed E-state index contributed by atoms with van der Waals surface area (Å²) in [6.07, 6.45) is -0.899. The summed E-state index contributed by atoms with van der Waals surface area (Å²) in [4.78, 5) is 4.46. The van der Waals surface area contributed by atoms with E-state index >= 15 is 0 Å². The Kier molecular flexibility index (Phi) is 6.04. The van der Waals surface area contributed by atoms with Crippen molar-refractivity contribution in [1.82, 2.24) is 25.1 Å². The molecule has 3 aromatic rings. The molecule has 11 heteroatoms. The van der Waals surface area contributed by atoms with Crippen molar-refractivity contribution in [3.63, 3.8) is 0 Å². The van der Waals surface area contributed by atoms with Crippen molar-refractivity contribution in [2.45, 2.75) is 56.5 Å². The summed E-state index contributed by atoms with van der Waals surface area (Å²) in [5.74, 6) is 1.35. The van der Waals surface area contributed by atoms with Gasteiger partial charge in [-0.1, -0.05) is 0 Å². The molecule has 0 aliphatic heterocycles. The molecule has 0 spiro atoms. The number of H-pyrrole nitrogens is 1. The van der Waals surface area contributed by atoms with E-state index in [0.29, 0.717) is 37.3 Å². The van der Waals surface area contributed by atoms with E-state index in [9.17, 15) is 18.3 Å². The van der Waals surface area contributed by atoms with Gasteiger partial charge in [-0.3, -0.25) is 5.10 Å². The van der Waals surface area contributed by atoms with Gasteiger partial charge in [-0.15, -0.1) is 0 Å². The van der Waals surface area contributed by atoms with Crippen LogP contribution >= 0.6 is 0 Å². The monoisotopic (exact) mass is 452 g/mol. The molecule has 4 rings (SSSR count). The van der Waals surface area contributed by atoms with Crippen LogP contribution in [0.25, 0.3) is 11.0 Å². The number of benzene rings is 1. The van der Waals surface area contributed by atoms with Crippen LogP contribution in [-0.4, -0.2) is 55.3 Å². The molecule has 1 aliphatic rings. The summed E-state index contributed by atoms with van der Waals surface area (Å²) >= 11 is 0. The number of ether oxygens (including phenoxy) is 1.